The third kappa shape index (κ3) is 5.21. The molecule has 0 aromatic heterocycles. The van der Waals surface area contributed by atoms with Gasteiger partial charge in [-0.3, -0.25) is 0 Å². The number of rotatable bonds is 9. The molecule has 0 bridgehead atoms. The van der Waals surface area contributed by atoms with Gasteiger partial charge in [0.15, 0.2) is 11.5 Å². The number of hydrogen-bond acceptors (Lipinski definition) is 4. The monoisotopic (exact) mass is 295 g/mol. The summed E-state index contributed by atoms with van der Waals surface area (Å²) in [7, 11) is 1.64. The Hall–Kier alpha value is -1.26. The Morgan fingerprint density at radius 1 is 1.24 bits per heavy atom. The third-order valence-electron chi connectivity index (χ3n) is 3.78. The molecule has 120 valence electrons. The Kier molecular flexibility index (Phi) is 7.54. The van der Waals surface area contributed by atoms with Crippen molar-refractivity contribution in [2.24, 2.45) is 5.73 Å². The highest BCUT2D eigenvalue weighted by Gasteiger charge is 2.18. The lowest BCUT2D eigenvalue weighted by molar-refractivity contribution is 0.126. The topological polar surface area (TPSA) is 64.7 Å². The van der Waals surface area contributed by atoms with E-state index in [2.05, 4.69) is 13.8 Å². The average molecular weight is 295 g/mol. The molecule has 1 aromatic carbocycles. The molecule has 3 atom stereocenters. The summed E-state index contributed by atoms with van der Waals surface area (Å²) in [4.78, 5) is 0. The number of aliphatic hydroxyl groups is 1. The van der Waals surface area contributed by atoms with Crippen molar-refractivity contribution in [2.45, 2.75) is 58.1 Å². The van der Waals surface area contributed by atoms with Crippen molar-refractivity contribution < 1.29 is 14.6 Å². The maximum atomic E-state index is 10.1. The zero-order chi connectivity index (χ0) is 15.8. The van der Waals surface area contributed by atoms with E-state index < -0.39 is 6.10 Å². The van der Waals surface area contributed by atoms with Gasteiger partial charge >= 0.3 is 0 Å². The Bertz CT molecular complexity index is 422. The van der Waals surface area contributed by atoms with Crippen LogP contribution in [-0.2, 0) is 0 Å². The summed E-state index contributed by atoms with van der Waals surface area (Å²) in [6.45, 7) is 6.82. The van der Waals surface area contributed by atoms with E-state index in [1.54, 1.807) is 7.11 Å². The van der Waals surface area contributed by atoms with E-state index in [-0.39, 0.29) is 12.0 Å². The van der Waals surface area contributed by atoms with Crippen LogP contribution in [0.2, 0.25) is 0 Å². The Balaban J connectivity index is 2.78. The van der Waals surface area contributed by atoms with E-state index in [9.17, 15) is 5.11 Å². The Labute approximate surface area is 128 Å². The Morgan fingerprint density at radius 2 is 1.95 bits per heavy atom. The molecule has 0 saturated carbocycles. The summed E-state index contributed by atoms with van der Waals surface area (Å²) in [5.41, 5.74) is 7.01. The van der Waals surface area contributed by atoms with Gasteiger partial charge in [0.05, 0.1) is 19.8 Å². The third-order valence-corrected chi connectivity index (χ3v) is 3.78. The maximum absolute atomic E-state index is 10.1. The number of aliphatic hydroxyl groups excluding tert-OH is 1. The highest BCUT2D eigenvalue weighted by Crippen LogP contribution is 2.32. The minimum Gasteiger partial charge on any atom is -0.493 e. The zero-order valence-corrected chi connectivity index (χ0v) is 13.6. The first-order valence-electron chi connectivity index (χ1n) is 7.77. The predicted octanol–water partition coefficient (Wildman–Crippen LogP) is 3.08. The number of ether oxygens (including phenoxy) is 2. The minimum absolute atomic E-state index is 0.165. The van der Waals surface area contributed by atoms with Crippen molar-refractivity contribution >= 4 is 0 Å². The van der Waals surface area contributed by atoms with Crippen molar-refractivity contribution in [2.75, 3.05) is 13.7 Å². The summed E-state index contributed by atoms with van der Waals surface area (Å²) in [6.07, 6.45) is 1.91. The second kappa shape index (κ2) is 8.90. The molecule has 0 fully saturated rings. The smallest absolute Gasteiger partial charge is 0.161 e. The van der Waals surface area contributed by atoms with Crippen LogP contribution in [0.1, 0.15) is 51.5 Å². The second-order valence-corrected chi connectivity index (χ2v) is 5.53. The van der Waals surface area contributed by atoms with Crippen molar-refractivity contribution in [3.05, 3.63) is 23.8 Å². The molecule has 0 radical (unpaired) electrons. The van der Waals surface area contributed by atoms with Crippen LogP contribution in [0.25, 0.3) is 0 Å². The SMILES string of the molecule is CCCOc1ccc(C(C)CC(O)C(N)CC)cc1OC. The fraction of sp³-hybridized carbons (Fsp3) is 0.647. The van der Waals surface area contributed by atoms with Crippen LogP contribution in [0.5, 0.6) is 11.5 Å². The molecule has 0 heterocycles. The van der Waals surface area contributed by atoms with Gasteiger partial charge in [-0.1, -0.05) is 26.8 Å². The molecule has 0 aliphatic carbocycles. The maximum Gasteiger partial charge on any atom is 0.161 e. The summed E-state index contributed by atoms with van der Waals surface area (Å²) in [6, 6.07) is 5.79. The zero-order valence-electron chi connectivity index (χ0n) is 13.6. The van der Waals surface area contributed by atoms with Crippen LogP contribution >= 0.6 is 0 Å². The molecule has 0 saturated heterocycles. The van der Waals surface area contributed by atoms with E-state index in [0.29, 0.717) is 13.0 Å². The molecule has 21 heavy (non-hydrogen) atoms. The normalized spacial score (nSPS) is 15.3. The van der Waals surface area contributed by atoms with Gasteiger partial charge < -0.3 is 20.3 Å². The standard InChI is InChI=1S/C17H29NO3/c1-5-9-21-16-8-7-13(11-17(16)20-4)12(3)10-15(19)14(18)6-2/h7-8,11-12,14-15,19H,5-6,9-10,18H2,1-4H3. The quantitative estimate of drug-likeness (QED) is 0.735. The van der Waals surface area contributed by atoms with Gasteiger partial charge in [0.1, 0.15) is 0 Å². The van der Waals surface area contributed by atoms with Crippen molar-refractivity contribution in [3.8, 4) is 11.5 Å². The summed E-state index contributed by atoms with van der Waals surface area (Å²) >= 11 is 0. The van der Waals surface area contributed by atoms with Gasteiger partial charge in [0, 0.05) is 6.04 Å². The van der Waals surface area contributed by atoms with Crippen molar-refractivity contribution in [1.82, 2.24) is 0 Å². The molecule has 0 aliphatic heterocycles. The number of nitrogens with two attached hydrogens (primary N) is 1. The molecule has 4 nitrogen and oxygen atoms in total. The lowest BCUT2D eigenvalue weighted by Gasteiger charge is -2.22. The molecule has 3 unspecified atom stereocenters. The molecule has 1 rings (SSSR count). The lowest BCUT2D eigenvalue weighted by Crippen LogP contribution is -2.34. The van der Waals surface area contributed by atoms with Crippen LogP contribution in [0.4, 0.5) is 0 Å². The molecule has 3 N–H and O–H groups in total. The summed E-state index contributed by atoms with van der Waals surface area (Å²) in [5.74, 6) is 1.72. The predicted molar refractivity (Wildman–Crippen MR) is 86.1 cm³/mol. The fourth-order valence-electron chi connectivity index (χ4n) is 2.27. The fourth-order valence-corrected chi connectivity index (χ4v) is 2.27. The summed E-state index contributed by atoms with van der Waals surface area (Å²) < 4.78 is 11.0. The lowest BCUT2D eigenvalue weighted by atomic mass is 9.91. The second-order valence-electron chi connectivity index (χ2n) is 5.53. The van der Waals surface area contributed by atoms with Gasteiger partial charge in [-0.25, -0.2) is 0 Å². The number of benzene rings is 1. The number of hydrogen-bond donors (Lipinski definition) is 2. The first-order valence-corrected chi connectivity index (χ1v) is 7.77. The number of methoxy groups -OCH3 is 1. The molecular weight excluding hydrogens is 266 g/mol. The van der Waals surface area contributed by atoms with E-state index in [1.165, 1.54) is 0 Å². The van der Waals surface area contributed by atoms with Gasteiger partial charge in [0.25, 0.3) is 0 Å². The van der Waals surface area contributed by atoms with Crippen LogP contribution in [0, 0.1) is 0 Å². The minimum atomic E-state index is -0.480. The van der Waals surface area contributed by atoms with Crippen LogP contribution in [0.3, 0.4) is 0 Å². The van der Waals surface area contributed by atoms with Gasteiger partial charge in [-0.05, 0) is 42.9 Å². The van der Waals surface area contributed by atoms with Crippen LogP contribution in [0.15, 0.2) is 18.2 Å². The molecule has 1 aromatic rings. The summed E-state index contributed by atoms with van der Waals surface area (Å²) in [5, 5.41) is 10.1. The largest absolute Gasteiger partial charge is 0.493 e. The molecular formula is C17H29NO3. The molecule has 0 spiro atoms. The highest BCUT2D eigenvalue weighted by molar-refractivity contribution is 5.43. The molecule has 0 aliphatic rings. The van der Waals surface area contributed by atoms with Crippen LogP contribution in [-0.4, -0.2) is 31.0 Å². The van der Waals surface area contributed by atoms with Crippen molar-refractivity contribution in [1.29, 1.82) is 0 Å². The van der Waals surface area contributed by atoms with E-state index >= 15 is 0 Å². The van der Waals surface area contributed by atoms with Crippen LogP contribution < -0.4 is 15.2 Å². The van der Waals surface area contributed by atoms with Crippen molar-refractivity contribution in [3.63, 3.8) is 0 Å². The van der Waals surface area contributed by atoms with E-state index in [0.717, 1.165) is 29.9 Å². The van der Waals surface area contributed by atoms with Gasteiger partial charge in [0.2, 0.25) is 0 Å². The van der Waals surface area contributed by atoms with E-state index in [4.69, 9.17) is 15.2 Å². The first kappa shape index (κ1) is 17.8. The van der Waals surface area contributed by atoms with Gasteiger partial charge in [-0.15, -0.1) is 0 Å². The first-order chi connectivity index (χ1) is 10.0. The van der Waals surface area contributed by atoms with Gasteiger partial charge in [-0.2, -0.15) is 0 Å². The Morgan fingerprint density at radius 3 is 2.52 bits per heavy atom. The molecule has 0 amide bonds. The van der Waals surface area contributed by atoms with E-state index in [1.807, 2.05) is 25.1 Å². The highest BCUT2D eigenvalue weighted by atomic mass is 16.5. The average Bonchev–Trinajstić information content (AvgIpc) is 2.51. The molecule has 4 heteroatoms.